The molecule has 82 valence electrons. The van der Waals surface area contributed by atoms with E-state index in [-0.39, 0.29) is 0 Å². The van der Waals surface area contributed by atoms with Gasteiger partial charge in [-0.15, -0.1) is 0 Å². The molecule has 0 aliphatic rings. The average molecular weight is 247 g/mol. The molecule has 0 heterocycles. The van der Waals surface area contributed by atoms with Crippen LogP contribution in [-0.4, -0.2) is 16.1 Å². The molecule has 0 aliphatic carbocycles. The molecule has 16 heavy (non-hydrogen) atoms. The highest BCUT2D eigenvalue weighted by Gasteiger charge is 1.97. The third-order valence-electron chi connectivity index (χ3n) is 1.90. The summed E-state index contributed by atoms with van der Waals surface area (Å²) in [6.45, 7) is 3.94. The van der Waals surface area contributed by atoms with Gasteiger partial charge in [0, 0.05) is 6.21 Å². The van der Waals surface area contributed by atoms with Gasteiger partial charge < -0.3 is 0 Å². The van der Waals surface area contributed by atoms with Crippen LogP contribution in [0.5, 0.6) is 0 Å². The van der Waals surface area contributed by atoms with Crippen LogP contribution in [0, 0.1) is 6.92 Å². The molecule has 0 bridgehead atoms. The van der Waals surface area contributed by atoms with E-state index >= 15 is 0 Å². The van der Waals surface area contributed by atoms with E-state index in [9.17, 15) is 0 Å². The lowest BCUT2D eigenvalue weighted by Crippen LogP contribution is -2.02. The Bertz CT molecular complexity index is 459. The first-order valence-corrected chi connectivity index (χ1v) is 5.77. The number of thiocarbonyl (C=S) groups is 2. The fraction of sp³-hybridized carbons (Fsp3) is 0.154. The maximum absolute atomic E-state index is 5.08. The second-order valence-corrected chi connectivity index (χ2v) is 4.17. The molecule has 1 aromatic carbocycles. The molecule has 0 N–H and O–H groups in total. The third kappa shape index (κ3) is 4.13. The minimum Gasteiger partial charge on any atom is -0.243 e. The molecule has 0 atom stereocenters. The zero-order valence-electron chi connectivity index (χ0n) is 9.31. The molecule has 0 radical (unpaired) electrons. The van der Waals surface area contributed by atoms with Gasteiger partial charge in [0.1, 0.15) is 4.99 Å². The summed E-state index contributed by atoms with van der Waals surface area (Å²) in [5.41, 5.74) is 2.23. The van der Waals surface area contributed by atoms with Gasteiger partial charge in [-0.25, -0.2) is 4.99 Å². The molecule has 0 saturated heterocycles. The summed E-state index contributed by atoms with van der Waals surface area (Å²) in [6, 6.07) is 8.06. The normalized spacial score (nSPS) is 11.1. The first kappa shape index (κ1) is 12.9. The minimum atomic E-state index is 0.453. The predicted octanol–water partition coefficient (Wildman–Crippen LogP) is 3.69. The van der Waals surface area contributed by atoms with Crippen molar-refractivity contribution in [1.82, 2.24) is 0 Å². The Hall–Kier alpha value is -1.19. The molecule has 3 heteroatoms. The van der Waals surface area contributed by atoms with Crippen LogP contribution in [-0.2, 0) is 0 Å². The summed E-state index contributed by atoms with van der Waals surface area (Å²) in [4.78, 5) is 5.22. The number of aliphatic imine (C=N–C) groups is 1. The Morgan fingerprint density at radius 3 is 2.69 bits per heavy atom. The summed E-state index contributed by atoms with van der Waals surface area (Å²) in [7, 11) is 0. The van der Waals surface area contributed by atoms with Crippen molar-refractivity contribution in [1.29, 1.82) is 0 Å². The third-order valence-corrected chi connectivity index (χ3v) is 2.69. The minimum absolute atomic E-state index is 0.453. The standard InChI is InChI=1S/C13H13NS2/c1-3-5-12(15)13(16)14-9-11-7-4-6-10(2)8-11/h3-9H,1-2H3/b5-3+,14-9+. The molecule has 1 rings (SSSR count). The van der Waals surface area contributed by atoms with Crippen molar-refractivity contribution in [3.05, 3.63) is 47.5 Å². The van der Waals surface area contributed by atoms with Gasteiger partial charge in [-0.3, -0.25) is 0 Å². The summed E-state index contributed by atoms with van der Waals surface area (Å²) < 4.78 is 0. The van der Waals surface area contributed by atoms with E-state index in [1.54, 1.807) is 12.3 Å². The summed E-state index contributed by atoms with van der Waals surface area (Å²) in [5, 5.41) is 0. The molecule has 0 aliphatic heterocycles. The average Bonchev–Trinajstić information content (AvgIpc) is 2.26. The van der Waals surface area contributed by atoms with Gasteiger partial charge >= 0.3 is 0 Å². The maximum Gasteiger partial charge on any atom is 0.144 e. The van der Waals surface area contributed by atoms with Gasteiger partial charge in [0.25, 0.3) is 0 Å². The van der Waals surface area contributed by atoms with E-state index in [0.29, 0.717) is 9.85 Å². The monoisotopic (exact) mass is 247 g/mol. The smallest absolute Gasteiger partial charge is 0.144 e. The van der Waals surface area contributed by atoms with Gasteiger partial charge in [-0.1, -0.05) is 60.3 Å². The number of hydrogen-bond acceptors (Lipinski definition) is 2. The van der Waals surface area contributed by atoms with Crippen molar-refractivity contribution in [2.45, 2.75) is 13.8 Å². The number of benzene rings is 1. The van der Waals surface area contributed by atoms with Crippen LogP contribution in [0.25, 0.3) is 0 Å². The number of allylic oxidation sites excluding steroid dienone is 1. The van der Waals surface area contributed by atoms with E-state index in [4.69, 9.17) is 24.4 Å². The zero-order chi connectivity index (χ0) is 12.0. The Morgan fingerprint density at radius 1 is 1.31 bits per heavy atom. The molecule has 0 aromatic heterocycles. The molecular formula is C13H13NS2. The lowest BCUT2D eigenvalue weighted by atomic mass is 10.1. The van der Waals surface area contributed by atoms with Gasteiger partial charge in [0.2, 0.25) is 0 Å². The summed E-state index contributed by atoms with van der Waals surface area (Å²) >= 11 is 10.2. The van der Waals surface area contributed by atoms with Gasteiger partial charge in [-0.05, 0) is 25.5 Å². The number of nitrogens with zero attached hydrogens (tertiary/aromatic N) is 1. The van der Waals surface area contributed by atoms with Crippen molar-refractivity contribution in [2.75, 3.05) is 0 Å². The topological polar surface area (TPSA) is 12.4 Å². The van der Waals surface area contributed by atoms with Crippen LogP contribution >= 0.6 is 24.4 Å². The Labute approximate surface area is 107 Å². The number of hydrogen-bond donors (Lipinski definition) is 0. The van der Waals surface area contributed by atoms with Crippen LogP contribution in [0.1, 0.15) is 18.1 Å². The van der Waals surface area contributed by atoms with Crippen LogP contribution in [0.15, 0.2) is 41.4 Å². The largest absolute Gasteiger partial charge is 0.243 e. The van der Waals surface area contributed by atoms with Crippen LogP contribution in [0.2, 0.25) is 0 Å². The number of aryl methyl sites for hydroxylation is 1. The highest BCUT2D eigenvalue weighted by atomic mass is 32.1. The van der Waals surface area contributed by atoms with E-state index in [0.717, 1.165) is 5.56 Å². The van der Waals surface area contributed by atoms with E-state index in [1.165, 1.54) is 5.56 Å². The van der Waals surface area contributed by atoms with Crippen molar-refractivity contribution in [3.63, 3.8) is 0 Å². The van der Waals surface area contributed by atoms with E-state index < -0.39 is 0 Å². The van der Waals surface area contributed by atoms with Crippen molar-refractivity contribution in [2.24, 2.45) is 4.99 Å². The molecule has 1 nitrogen and oxygen atoms in total. The highest BCUT2D eigenvalue weighted by molar-refractivity contribution is 7.89. The van der Waals surface area contributed by atoms with Gasteiger partial charge in [-0.2, -0.15) is 0 Å². The molecule has 0 unspecified atom stereocenters. The molecular weight excluding hydrogens is 234 g/mol. The summed E-state index contributed by atoms with van der Waals surface area (Å²) in [5.74, 6) is 0. The first-order chi connectivity index (χ1) is 7.63. The van der Waals surface area contributed by atoms with Crippen LogP contribution in [0.4, 0.5) is 0 Å². The van der Waals surface area contributed by atoms with Crippen molar-refractivity contribution >= 4 is 40.5 Å². The highest BCUT2D eigenvalue weighted by Crippen LogP contribution is 2.01. The summed E-state index contributed by atoms with van der Waals surface area (Å²) in [6.07, 6.45) is 5.38. The molecule has 0 saturated carbocycles. The Morgan fingerprint density at radius 2 is 2.06 bits per heavy atom. The fourth-order valence-electron chi connectivity index (χ4n) is 1.17. The fourth-order valence-corrected chi connectivity index (χ4v) is 1.48. The second-order valence-electron chi connectivity index (χ2n) is 3.34. The molecule has 0 fully saturated rings. The first-order valence-electron chi connectivity index (χ1n) is 4.95. The molecule has 1 aromatic rings. The molecule has 0 spiro atoms. The van der Waals surface area contributed by atoms with Gasteiger partial charge in [0.15, 0.2) is 0 Å². The Kier molecular flexibility index (Phi) is 5.15. The number of rotatable bonds is 3. The van der Waals surface area contributed by atoms with Crippen molar-refractivity contribution < 1.29 is 0 Å². The zero-order valence-corrected chi connectivity index (χ0v) is 10.9. The van der Waals surface area contributed by atoms with Crippen molar-refractivity contribution in [3.8, 4) is 0 Å². The maximum atomic E-state index is 5.08. The van der Waals surface area contributed by atoms with Crippen LogP contribution in [0.3, 0.4) is 0 Å². The lowest BCUT2D eigenvalue weighted by Gasteiger charge is -1.96. The lowest BCUT2D eigenvalue weighted by molar-refractivity contribution is 1.46. The molecule has 0 amide bonds. The quantitative estimate of drug-likeness (QED) is 0.459. The second kappa shape index (κ2) is 6.40. The predicted molar refractivity (Wildman–Crippen MR) is 78.8 cm³/mol. The van der Waals surface area contributed by atoms with Crippen LogP contribution < -0.4 is 0 Å². The van der Waals surface area contributed by atoms with Gasteiger partial charge in [0.05, 0.1) is 4.86 Å². The Balaban J connectivity index is 2.74. The van der Waals surface area contributed by atoms with E-state index in [2.05, 4.69) is 4.99 Å². The van der Waals surface area contributed by atoms with E-state index in [1.807, 2.05) is 44.2 Å². The SMILES string of the molecule is C/C=C/C(=S)C(=S)/N=C/c1cccc(C)c1.